The minimum absolute atomic E-state index is 0.189. The Morgan fingerprint density at radius 2 is 2.33 bits per heavy atom. The summed E-state index contributed by atoms with van der Waals surface area (Å²) in [4.78, 5) is 11.2. The smallest absolute Gasteiger partial charge is 0.272 e. The summed E-state index contributed by atoms with van der Waals surface area (Å²) >= 11 is 6.41. The molecule has 0 bridgehead atoms. The van der Waals surface area contributed by atoms with E-state index in [0.29, 0.717) is 21.3 Å². The molecule has 1 heterocycles. The predicted molar refractivity (Wildman–Crippen MR) is 52.0 cm³/mol. The molecule has 1 aromatic heterocycles. The van der Waals surface area contributed by atoms with Gasteiger partial charge in [-0.25, -0.2) is 0 Å². The predicted octanol–water partition coefficient (Wildman–Crippen LogP) is 1.68. The van der Waals surface area contributed by atoms with E-state index in [1.165, 1.54) is 0 Å². The first-order chi connectivity index (χ1) is 5.66. The summed E-state index contributed by atoms with van der Waals surface area (Å²) < 4.78 is 1.32. The molecule has 12 heavy (non-hydrogen) atoms. The maximum absolute atomic E-state index is 11.2. The van der Waals surface area contributed by atoms with Gasteiger partial charge < -0.3 is 5.32 Å². The van der Waals surface area contributed by atoms with Gasteiger partial charge in [0.1, 0.15) is 4.60 Å². The monoisotopic (exact) mass is 295 g/mol. The van der Waals surface area contributed by atoms with Gasteiger partial charge in [-0.3, -0.25) is 9.89 Å². The van der Waals surface area contributed by atoms with Crippen LogP contribution in [0.1, 0.15) is 17.4 Å². The van der Waals surface area contributed by atoms with E-state index in [2.05, 4.69) is 47.4 Å². The molecule has 0 saturated carbocycles. The number of aromatic nitrogens is 2. The van der Waals surface area contributed by atoms with Gasteiger partial charge in [-0.2, -0.15) is 5.10 Å². The number of hydrogen-bond acceptors (Lipinski definition) is 2. The molecule has 0 radical (unpaired) electrons. The molecule has 4 nitrogen and oxygen atoms in total. The first kappa shape index (κ1) is 9.73. The topological polar surface area (TPSA) is 57.8 Å². The molecule has 6 heteroatoms. The lowest BCUT2D eigenvalue weighted by Crippen LogP contribution is -2.23. The Kier molecular flexibility index (Phi) is 3.28. The van der Waals surface area contributed by atoms with Gasteiger partial charge in [-0.15, -0.1) is 0 Å². The van der Waals surface area contributed by atoms with E-state index in [0.717, 1.165) is 0 Å². The molecule has 0 fully saturated rings. The van der Waals surface area contributed by atoms with Crippen LogP contribution in [0.3, 0.4) is 0 Å². The van der Waals surface area contributed by atoms with Crippen LogP contribution in [0.4, 0.5) is 0 Å². The van der Waals surface area contributed by atoms with Crippen LogP contribution in [0.5, 0.6) is 0 Å². The van der Waals surface area contributed by atoms with Crippen molar-refractivity contribution in [3.05, 3.63) is 14.8 Å². The fourth-order valence-corrected chi connectivity index (χ4v) is 1.34. The first-order valence-corrected chi connectivity index (χ1v) is 4.93. The van der Waals surface area contributed by atoms with Crippen LogP contribution in [0.15, 0.2) is 9.08 Å². The van der Waals surface area contributed by atoms with E-state index in [-0.39, 0.29) is 5.91 Å². The van der Waals surface area contributed by atoms with Gasteiger partial charge in [0, 0.05) is 6.54 Å². The van der Waals surface area contributed by atoms with Crippen molar-refractivity contribution in [3.8, 4) is 0 Å². The lowest BCUT2D eigenvalue weighted by Gasteiger charge is -1.96. The van der Waals surface area contributed by atoms with Gasteiger partial charge in [0.2, 0.25) is 0 Å². The highest BCUT2D eigenvalue weighted by Crippen LogP contribution is 2.23. The SMILES string of the molecule is CCNC(=O)c1n[nH]c(Br)c1Br. The molecule has 0 spiro atoms. The Bertz CT molecular complexity index is 297. The van der Waals surface area contributed by atoms with E-state index < -0.39 is 0 Å². The zero-order valence-electron chi connectivity index (χ0n) is 6.32. The van der Waals surface area contributed by atoms with Crippen LogP contribution in [-0.2, 0) is 0 Å². The number of H-pyrrole nitrogens is 1. The highest BCUT2D eigenvalue weighted by molar-refractivity contribution is 9.13. The van der Waals surface area contributed by atoms with Gasteiger partial charge in [0.15, 0.2) is 5.69 Å². The second-order valence-corrected chi connectivity index (χ2v) is 3.65. The highest BCUT2D eigenvalue weighted by atomic mass is 79.9. The fraction of sp³-hybridized carbons (Fsp3) is 0.333. The Morgan fingerprint density at radius 1 is 1.67 bits per heavy atom. The molecule has 0 unspecified atom stereocenters. The van der Waals surface area contributed by atoms with Crippen molar-refractivity contribution in [2.75, 3.05) is 6.54 Å². The molecule has 66 valence electrons. The number of rotatable bonds is 2. The summed E-state index contributed by atoms with van der Waals surface area (Å²) in [7, 11) is 0. The summed E-state index contributed by atoms with van der Waals surface area (Å²) in [6.07, 6.45) is 0. The van der Waals surface area contributed by atoms with Crippen molar-refractivity contribution < 1.29 is 4.79 Å². The van der Waals surface area contributed by atoms with Crippen molar-refractivity contribution >= 4 is 37.8 Å². The fourth-order valence-electron chi connectivity index (χ4n) is 0.702. The van der Waals surface area contributed by atoms with Crippen molar-refractivity contribution in [1.82, 2.24) is 15.5 Å². The van der Waals surface area contributed by atoms with Crippen LogP contribution in [0.2, 0.25) is 0 Å². The number of aromatic amines is 1. The van der Waals surface area contributed by atoms with Crippen LogP contribution >= 0.6 is 31.9 Å². The first-order valence-electron chi connectivity index (χ1n) is 3.34. The van der Waals surface area contributed by atoms with Crippen LogP contribution in [-0.4, -0.2) is 22.6 Å². The third-order valence-corrected chi connectivity index (χ3v) is 3.10. The average Bonchev–Trinajstić information content (AvgIpc) is 2.34. The number of halogens is 2. The van der Waals surface area contributed by atoms with Crippen molar-refractivity contribution in [2.45, 2.75) is 6.92 Å². The summed E-state index contributed by atoms with van der Waals surface area (Å²) in [6.45, 7) is 2.45. The van der Waals surface area contributed by atoms with Crippen LogP contribution < -0.4 is 5.32 Å². The van der Waals surface area contributed by atoms with Gasteiger partial charge >= 0.3 is 0 Å². The van der Waals surface area contributed by atoms with E-state index in [4.69, 9.17) is 0 Å². The second kappa shape index (κ2) is 4.04. The maximum Gasteiger partial charge on any atom is 0.272 e. The lowest BCUT2D eigenvalue weighted by molar-refractivity contribution is 0.0950. The summed E-state index contributed by atoms with van der Waals surface area (Å²) in [6, 6.07) is 0. The maximum atomic E-state index is 11.2. The van der Waals surface area contributed by atoms with Gasteiger partial charge in [-0.05, 0) is 38.8 Å². The van der Waals surface area contributed by atoms with Crippen molar-refractivity contribution in [1.29, 1.82) is 0 Å². The Morgan fingerprint density at radius 3 is 2.75 bits per heavy atom. The molecular weight excluding hydrogens is 290 g/mol. The molecule has 0 aliphatic carbocycles. The number of hydrogen-bond donors (Lipinski definition) is 2. The minimum Gasteiger partial charge on any atom is -0.351 e. The summed E-state index contributed by atoms with van der Waals surface area (Å²) in [5, 5.41) is 9.08. The van der Waals surface area contributed by atoms with E-state index in [9.17, 15) is 4.79 Å². The Hall–Kier alpha value is -0.360. The van der Waals surface area contributed by atoms with Crippen molar-refractivity contribution in [2.24, 2.45) is 0 Å². The van der Waals surface area contributed by atoms with Crippen LogP contribution in [0, 0.1) is 0 Å². The third kappa shape index (κ3) is 1.87. The van der Waals surface area contributed by atoms with Gasteiger partial charge in [-0.1, -0.05) is 0 Å². The number of amides is 1. The quantitative estimate of drug-likeness (QED) is 0.872. The molecule has 0 aromatic carbocycles. The normalized spacial score (nSPS) is 9.92. The standard InChI is InChI=1S/C6H7Br2N3O/c1-2-9-6(12)4-3(7)5(8)11-10-4/h2H2,1H3,(H,9,12)(H,10,11). The molecule has 0 aliphatic rings. The molecule has 1 rings (SSSR count). The molecule has 0 saturated heterocycles. The molecular formula is C6H7Br2N3O. The average molecular weight is 297 g/mol. The highest BCUT2D eigenvalue weighted by Gasteiger charge is 2.14. The van der Waals surface area contributed by atoms with E-state index in [1.807, 2.05) is 6.92 Å². The van der Waals surface area contributed by atoms with Crippen LogP contribution in [0.25, 0.3) is 0 Å². The summed E-state index contributed by atoms with van der Waals surface area (Å²) in [5.41, 5.74) is 0.365. The minimum atomic E-state index is -0.189. The van der Waals surface area contributed by atoms with E-state index >= 15 is 0 Å². The molecule has 0 aliphatic heterocycles. The number of nitrogens with zero attached hydrogens (tertiary/aromatic N) is 1. The summed E-state index contributed by atoms with van der Waals surface area (Å²) in [5.74, 6) is -0.189. The lowest BCUT2D eigenvalue weighted by atomic mass is 10.4. The van der Waals surface area contributed by atoms with Gasteiger partial charge in [0.05, 0.1) is 4.47 Å². The second-order valence-electron chi connectivity index (χ2n) is 2.06. The Balaban J connectivity index is 2.88. The molecule has 1 amide bonds. The number of carbonyl (C=O) groups excluding carboxylic acids is 1. The molecule has 2 N–H and O–H groups in total. The van der Waals surface area contributed by atoms with Gasteiger partial charge in [0.25, 0.3) is 5.91 Å². The Labute approximate surface area is 86.4 Å². The number of carbonyl (C=O) groups is 1. The zero-order valence-corrected chi connectivity index (χ0v) is 9.49. The number of nitrogens with one attached hydrogen (secondary N) is 2. The molecule has 1 aromatic rings. The molecule has 0 atom stereocenters. The zero-order chi connectivity index (χ0) is 9.14. The largest absolute Gasteiger partial charge is 0.351 e. The van der Waals surface area contributed by atoms with Crippen molar-refractivity contribution in [3.63, 3.8) is 0 Å². The van der Waals surface area contributed by atoms with E-state index in [1.54, 1.807) is 0 Å². The third-order valence-electron chi connectivity index (χ3n) is 1.22.